The molecule has 0 aliphatic heterocycles. The molecule has 0 radical (unpaired) electrons. The van der Waals surface area contributed by atoms with Crippen LogP contribution in [-0.4, -0.2) is 28.8 Å². The molecule has 1 aromatic heterocycles. The molecule has 0 unspecified atom stereocenters. The van der Waals surface area contributed by atoms with Crippen molar-refractivity contribution < 1.29 is 13.9 Å². The largest absolute Gasteiger partial charge is 0.492 e. The number of carbonyl (C=O) groups excluding carboxylic acids is 1. The van der Waals surface area contributed by atoms with E-state index in [0.717, 1.165) is 11.3 Å². The Balaban J connectivity index is 1.63. The van der Waals surface area contributed by atoms with Crippen LogP contribution < -0.4 is 10.1 Å². The first-order valence-corrected chi connectivity index (χ1v) is 8.82. The van der Waals surface area contributed by atoms with Crippen LogP contribution in [0, 0.1) is 19.7 Å². The zero-order valence-corrected chi connectivity index (χ0v) is 15.8. The molecular formula is C20H19ClFN3O2. The van der Waals surface area contributed by atoms with Gasteiger partial charge in [-0.3, -0.25) is 4.79 Å². The van der Waals surface area contributed by atoms with Gasteiger partial charge in [0, 0.05) is 0 Å². The summed E-state index contributed by atoms with van der Waals surface area (Å²) in [6, 6.07) is 13.4. The predicted octanol–water partition coefficient (Wildman–Crippen LogP) is 4.09. The molecule has 7 heteroatoms. The van der Waals surface area contributed by atoms with Crippen LogP contribution in [-0.2, 0) is 0 Å². The molecule has 0 aliphatic carbocycles. The summed E-state index contributed by atoms with van der Waals surface area (Å²) in [6.07, 6.45) is 0. The normalized spacial score (nSPS) is 10.7. The van der Waals surface area contributed by atoms with E-state index in [1.165, 1.54) is 16.8 Å². The van der Waals surface area contributed by atoms with Crippen molar-refractivity contribution in [3.63, 3.8) is 0 Å². The number of nitrogens with zero attached hydrogens (tertiary/aromatic N) is 2. The number of hydrogen-bond acceptors (Lipinski definition) is 3. The first-order chi connectivity index (χ1) is 13.0. The van der Waals surface area contributed by atoms with Gasteiger partial charge in [0.25, 0.3) is 5.91 Å². The third-order valence-electron chi connectivity index (χ3n) is 3.98. The number of halogens is 2. The number of rotatable bonds is 6. The highest BCUT2D eigenvalue weighted by Crippen LogP contribution is 2.23. The zero-order chi connectivity index (χ0) is 19.4. The van der Waals surface area contributed by atoms with Gasteiger partial charge in [-0.05, 0) is 50.2 Å². The fourth-order valence-corrected chi connectivity index (χ4v) is 2.92. The highest BCUT2D eigenvalue weighted by molar-refractivity contribution is 6.33. The summed E-state index contributed by atoms with van der Waals surface area (Å²) < 4.78 is 20.1. The molecule has 1 heterocycles. The molecule has 0 atom stereocenters. The van der Waals surface area contributed by atoms with Gasteiger partial charge in [0.05, 0.1) is 23.5 Å². The van der Waals surface area contributed by atoms with Crippen molar-refractivity contribution in [3.05, 3.63) is 76.3 Å². The van der Waals surface area contributed by atoms with Gasteiger partial charge in [-0.2, -0.15) is 5.10 Å². The predicted molar refractivity (Wildman–Crippen MR) is 102 cm³/mol. The van der Waals surface area contributed by atoms with E-state index in [2.05, 4.69) is 10.4 Å². The van der Waals surface area contributed by atoms with Gasteiger partial charge in [-0.1, -0.05) is 29.3 Å². The Kier molecular flexibility index (Phi) is 5.76. The molecule has 0 saturated heterocycles. The second-order valence-electron chi connectivity index (χ2n) is 6.06. The average Bonchev–Trinajstić information content (AvgIpc) is 2.95. The molecule has 140 valence electrons. The lowest BCUT2D eigenvalue weighted by molar-refractivity contribution is 0.0946. The summed E-state index contributed by atoms with van der Waals surface area (Å²) >= 11 is 6.34. The lowest BCUT2D eigenvalue weighted by atomic mass is 10.2. The van der Waals surface area contributed by atoms with Gasteiger partial charge in [-0.15, -0.1) is 0 Å². The second kappa shape index (κ2) is 8.22. The molecular weight excluding hydrogens is 369 g/mol. The minimum Gasteiger partial charge on any atom is -0.492 e. The monoisotopic (exact) mass is 387 g/mol. The Labute approximate surface area is 161 Å². The van der Waals surface area contributed by atoms with E-state index in [0.29, 0.717) is 24.5 Å². The summed E-state index contributed by atoms with van der Waals surface area (Å²) in [5, 5.41) is 7.24. The number of benzene rings is 2. The minimum absolute atomic E-state index is 0.177. The summed E-state index contributed by atoms with van der Waals surface area (Å²) in [5.74, 6) is 0.0526. The van der Waals surface area contributed by atoms with Crippen LogP contribution >= 0.6 is 11.6 Å². The molecule has 1 amide bonds. The maximum Gasteiger partial charge on any atom is 0.256 e. The van der Waals surface area contributed by atoms with E-state index < -0.39 is 0 Å². The van der Waals surface area contributed by atoms with Crippen molar-refractivity contribution in [1.29, 1.82) is 0 Å². The number of aromatic nitrogens is 2. The summed E-state index contributed by atoms with van der Waals surface area (Å²) in [7, 11) is 0. The first-order valence-electron chi connectivity index (χ1n) is 8.44. The Hall–Kier alpha value is -2.86. The smallest absolute Gasteiger partial charge is 0.256 e. The molecule has 3 rings (SSSR count). The highest BCUT2D eigenvalue weighted by Gasteiger charge is 2.20. The van der Waals surface area contributed by atoms with Crippen LogP contribution in [0.15, 0.2) is 48.5 Å². The molecule has 5 nitrogen and oxygen atoms in total. The molecule has 2 aromatic carbocycles. The van der Waals surface area contributed by atoms with E-state index in [9.17, 15) is 9.18 Å². The quantitative estimate of drug-likeness (QED) is 0.648. The molecule has 1 N–H and O–H groups in total. The molecule has 27 heavy (non-hydrogen) atoms. The molecule has 3 aromatic rings. The van der Waals surface area contributed by atoms with E-state index in [1.807, 2.05) is 31.2 Å². The second-order valence-corrected chi connectivity index (χ2v) is 6.41. The summed E-state index contributed by atoms with van der Waals surface area (Å²) in [6.45, 7) is 4.35. The fraction of sp³-hybridized carbons (Fsp3) is 0.200. The Bertz CT molecular complexity index is 937. The van der Waals surface area contributed by atoms with Crippen molar-refractivity contribution in [1.82, 2.24) is 15.1 Å². The van der Waals surface area contributed by atoms with E-state index in [1.54, 1.807) is 19.1 Å². The Morgan fingerprint density at radius 1 is 1.15 bits per heavy atom. The first kappa shape index (κ1) is 18.9. The van der Waals surface area contributed by atoms with Crippen molar-refractivity contribution >= 4 is 17.5 Å². The van der Waals surface area contributed by atoms with Gasteiger partial charge >= 0.3 is 0 Å². The van der Waals surface area contributed by atoms with Gasteiger partial charge in [0.1, 0.15) is 23.3 Å². The molecule has 0 saturated carbocycles. The summed E-state index contributed by atoms with van der Waals surface area (Å²) in [4.78, 5) is 12.5. The SMILES string of the molecule is Cc1ccc(OCCNC(=O)c2c(C)nn(-c3ccc(F)cc3)c2Cl)cc1. The highest BCUT2D eigenvalue weighted by atomic mass is 35.5. The summed E-state index contributed by atoms with van der Waals surface area (Å²) in [5.41, 5.74) is 2.50. The van der Waals surface area contributed by atoms with Crippen molar-refractivity contribution in [2.75, 3.05) is 13.2 Å². The van der Waals surface area contributed by atoms with Crippen LogP contribution in [0.2, 0.25) is 5.15 Å². The van der Waals surface area contributed by atoms with Crippen molar-refractivity contribution in [3.8, 4) is 11.4 Å². The van der Waals surface area contributed by atoms with Crippen molar-refractivity contribution in [2.24, 2.45) is 0 Å². The Morgan fingerprint density at radius 3 is 2.48 bits per heavy atom. The standard InChI is InChI=1S/C20H19ClFN3O2/c1-13-3-9-17(10-4-13)27-12-11-23-20(26)18-14(2)24-25(19(18)21)16-7-5-15(22)6-8-16/h3-10H,11-12H2,1-2H3,(H,23,26). The third kappa shape index (κ3) is 4.46. The number of amides is 1. The van der Waals surface area contributed by atoms with Crippen molar-refractivity contribution in [2.45, 2.75) is 13.8 Å². The van der Waals surface area contributed by atoms with Crippen LogP contribution in [0.1, 0.15) is 21.6 Å². The number of nitrogens with one attached hydrogen (secondary N) is 1. The number of ether oxygens (including phenoxy) is 1. The number of hydrogen-bond donors (Lipinski definition) is 1. The lowest BCUT2D eigenvalue weighted by Crippen LogP contribution is -2.28. The van der Waals surface area contributed by atoms with Crippen LogP contribution in [0.3, 0.4) is 0 Å². The molecule has 0 aliphatic rings. The van der Waals surface area contributed by atoms with E-state index in [4.69, 9.17) is 16.3 Å². The third-order valence-corrected chi connectivity index (χ3v) is 4.33. The molecule has 0 fully saturated rings. The topological polar surface area (TPSA) is 56.1 Å². The van der Waals surface area contributed by atoms with Crippen LogP contribution in [0.25, 0.3) is 5.69 Å². The number of carbonyl (C=O) groups is 1. The molecule has 0 bridgehead atoms. The average molecular weight is 388 g/mol. The fourth-order valence-electron chi connectivity index (χ4n) is 2.57. The van der Waals surface area contributed by atoms with Gasteiger partial charge in [0.15, 0.2) is 0 Å². The zero-order valence-electron chi connectivity index (χ0n) is 15.0. The molecule has 0 spiro atoms. The van der Waals surface area contributed by atoms with Gasteiger partial charge in [0.2, 0.25) is 0 Å². The van der Waals surface area contributed by atoms with Gasteiger partial charge < -0.3 is 10.1 Å². The van der Waals surface area contributed by atoms with Gasteiger partial charge in [-0.25, -0.2) is 9.07 Å². The minimum atomic E-state index is -0.356. The maximum atomic E-state index is 13.1. The van der Waals surface area contributed by atoms with Crippen LogP contribution in [0.5, 0.6) is 5.75 Å². The van der Waals surface area contributed by atoms with E-state index >= 15 is 0 Å². The number of aryl methyl sites for hydroxylation is 2. The lowest BCUT2D eigenvalue weighted by Gasteiger charge is -2.08. The maximum absolute atomic E-state index is 13.1. The Morgan fingerprint density at radius 2 is 1.81 bits per heavy atom. The van der Waals surface area contributed by atoms with Crippen LogP contribution in [0.4, 0.5) is 4.39 Å². The van der Waals surface area contributed by atoms with E-state index in [-0.39, 0.29) is 22.4 Å².